The molecule has 2 heterocycles. The van der Waals surface area contributed by atoms with Crippen LogP contribution < -0.4 is 5.32 Å². The van der Waals surface area contributed by atoms with Crippen molar-refractivity contribution in [2.75, 3.05) is 11.9 Å². The molecule has 0 aromatic heterocycles. The Hall–Kier alpha value is -2.66. The molecule has 5 heteroatoms. The minimum Gasteiger partial charge on any atom is -0.482 e. The van der Waals surface area contributed by atoms with Gasteiger partial charge in [0.25, 0.3) is 5.91 Å². The lowest BCUT2D eigenvalue weighted by atomic mass is 9.91. The lowest BCUT2D eigenvalue weighted by molar-refractivity contribution is -0.110. The summed E-state index contributed by atoms with van der Waals surface area (Å²) in [6.07, 6.45) is 1.48. The SMILES string of the molecule is CC1(C)O/C(=C2/C(=O)Nc3ccc(F)cc32)c2ccc(CCCO)cc21. The molecule has 134 valence electrons. The van der Waals surface area contributed by atoms with Crippen LogP contribution in [0.1, 0.15) is 42.5 Å². The fourth-order valence-electron chi connectivity index (χ4n) is 3.64. The highest BCUT2D eigenvalue weighted by atomic mass is 19.1. The van der Waals surface area contributed by atoms with Crippen LogP contribution in [-0.4, -0.2) is 17.6 Å². The standard InChI is InChI=1S/C21H20FNO3/c1-21(2)16-10-12(4-3-9-24)5-7-14(16)19(26-21)18-15-11-13(22)6-8-17(15)23-20(18)25/h5-8,10-11,24H,3-4,9H2,1-2H3,(H,23,25)/b19-18+. The molecule has 1 amide bonds. The first-order valence-corrected chi connectivity index (χ1v) is 8.70. The molecular formula is C21H20FNO3. The Kier molecular flexibility index (Phi) is 3.84. The van der Waals surface area contributed by atoms with Crippen molar-refractivity contribution in [1.29, 1.82) is 0 Å². The smallest absolute Gasteiger partial charge is 0.260 e. The molecule has 0 spiro atoms. The van der Waals surface area contributed by atoms with E-state index in [1.54, 1.807) is 6.07 Å². The Morgan fingerprint density at radius 3 is 2.73 bits per heavy atom. The van der Waals surface area contributed by atoms with Crippen LogP contribution in [0.4, 0.5) is 10.1 Å². The van der Waals surface area contributed by atoms with Gasteiger partial charge in [0.1, 0.15) is 17.2 Å². The number of aliphatic hydroxyl groups is 1. The van der Waals surface area contributed by atoms with Crippen LogP contribution >= 0.6 is 0 Å². The van der Waals surface area contributed by atoms with E-state index in [0.717, 1.165) is 23.1 Å². The second-order valence-electron chi connectivity index (χ2n) is 7.17. The number of ether oxygens (including phenoxy) is 1. The maximum Gasteiger partial charge on any atom is 0.260 e. The number of anilines is 1. The van der Waals surface area contributed by atoms with E-state index in [0.29, 0.717) is 29.0 Å². The third-order valence-corrected chi connectivity index (χ3v) is 4.91. The zero-order valence-corrected chi connectivity index (χ0v) is 14.7. The van der Waals surface area contributed by atoms with E-state index in [2.05, 4.69) is 11.4 Å². The maximum absolute atomic E-state index is 13.7. The Morgan fingerprint density at radius 1 is 1.15 bits per heavy atom. The van der Waals surface area contributed by atoms with Crippen molar-refractivity contribution in [3.8, 4) is 0 Å². The number of fused-ring (bicyclic) bond motifs is 2. The van der Waals surface area contributed by atoms with Crippen molar-refractivity contribution >= 4 is 22.9 Å². The highest BCUT2D eigenvalue weighted by Gasteiger charge is 2.40. The van der Waals surface area contributed by atoms with Crippen molar-refractivity contribution in [2.24, 2.45) is 0 Å². The molecule has 0 bridgehead atoms. The van der Waals surface area contributed by atoms with Gasteiger partial charge in [0.2, 0.25) is 0 Å². The largest absolute Gasteiger partial charge is 0.482 e. The predicted octanol–water partition coefficient (Wildman–Crippen LogP) is 3.84. The number of rotatable bonds is 3. The molecule has 0 unspecified atom stereocenters. The number of carbonyl (C=O) groups excluding carboxylic acids is 1. The molecule has 0 saturated carbocycles. The van der Waals surface area contributed by atoms with E-state index in [-0.39, 0.29) is 12.5 Å². The molecule has 0 aliphatic carbocycles. The highest BCUT2D eigenvalue weighted by molar-refractivity contribution is 6.36. The monoisotopic (exact) mass is 353 g/mol. The lowest BCUT2D eigenvalue weighted by Gasteiger charge is -2.20. The number of hydrogen-bond donors (Lipinski definition) is 2. The molecule has 2 aromatic carbocycles. The van der Waals surface area contributed by atoms with Gasteiger partial charge in [0.15, 0.2) is 0 Å². The van der Waals surface area contributed by atoms with Crippen LogP contribution in [0.2, 0.25) is 0 Å². The topological polar surface area (TPSA) is 58.6 Å². The molecule has 2 aliphatic rings. The summed E-state index contributed by atoms with van der Waals surface area (Å²) in [5.74, 6) is -0.190. The predicted molar refractivity (Wildman–Crippen MR) is 97.8 cm³/mol. The zero-order valence-electron chi connectivity index (χ0n) is 14.7. The van der Waals surface area contributed by atoms with Gasteiger partial charge in [-0.1, -0.05) is 18.2 Å². The van der Waals surface area contributed by atoms with Crippen LogP contribution in [0, 0.1) is 5.82 Å². The van der Waals surface area contributed by atoms with E-state index in [1.807, 2.05) is 26.0 Å². The fourth-order valence-corrected chi connectivity index (χ4v) is 3.64. The van der Waals surface area contributed by atoms with Gasteiger partial charge in [-0.05, 0) is 50.5 Å². The first-order valence-electron chi connectivity index (χ1n) is 8.70. The number of benzene rings is 2. The number of nitrogens with one attached hydrogen (secondary N) is 1. The first kappa shape index (κ1) is 16.8. The molecule has 2 aliphatic heterocycles. The van der Waals surface area contributed by atoms with Gasteiger partial charge in [-0.3, -0.25) is 4.79 Å². The molecule has 26 heavy (non-hydrogen) atoms. The van der Waals surface area contributed by atoms with Gasteiger partial charge in [-0.15, -0.1) is 0 Å². The second-order valence-corrected chi connectivity index (χ2v) is 7.17. The number of hydrogen-bond acceptors (Lipinski definition) is 3. The Morgan fingerprint density at radius 2 is 1.96 bits per heavy atom. The van der Waals surface area contributed by atoms with E-state index in [1.165, 1.54) is 12.1 Å². The fraction of sp³-hybridized carbons (Fsp3) is 0.286. The van der Waals surface area contributed by atoms with Crippen molar-refractivity contribution in [3.63, 3.8) is 0 Å². The number of carbonyl (C=O) groups is 1. The Balaban J connectivity index is 1.88. The van der Waals surface area contributed by atoms with E-state index < -0.39 is 11.4 Å². The average molecular weight is 353 g/mol. The average Bonchev–Trinajstić information content (AvgIpc) is 3.05. The molecule has 0 fully saturated rings. The summed E-state index contributed by atoms with van der Waals surface area (Å²) in [4.78, 5) is 12.6. The number of aryl methyl sites for hydroxylation is 1. The van der Waals surface area contributed by atoms with E-state index in [4.69, 9.17) is 9.84 Å². The summed E-state index contributed by atoms with van der Waals surface area (Å²) < 4.78 is 19.9. The molecule has 4 rings (SSSR count). The normalized spacial score (nSPS) is 19.8. The van der Waals surface area contributed by atoms with Crippen LogP contribution in [0.15, 0.2) is 36.4 Å². The molecular weight excluding hydrogens is 333 g/mol. The summed E-state index contributed by atoms with van der Waals surface area (Å²) >= 11 is 0. The molecule has 0 radical (unpaired) electrons. The number of amides is 1. The summed E-state index contributed by atoms with van der Waals surface area (Å²) in [6.45, 7) is 4.05. The minimum absolute atomic E-state index is 0.148. The van der Waals surface area contributed by atoms with Gasteiger partial charge in [0, 0.05) is 29.0 Å². The van der Waals surface area contributed by atoms with Gasteiger partial charge in [-0.25, -0.2) is 4.39 Å². The minimum atomic E-state index is -0.594. The summed E-state index contributed by atoms with van der Waals surface area (Å²) in [5, 5.41) is 11.8. The lowest BCUT2D eigenvalue weighted by Crippen LogP contribution is -2.15. The van der Waals surface area contributed by atoms with Crippen LogP contribution in [0.25, 0.3) is 11.3 Å². The molecule has 2 aromatic rings. The van der Waals surface area contributed by atoms with E-state index in [9.17, 15) is 9.18 Å². The van der Waals surface area contributed by atoms with Crippen LogP contribution in [0.5, 0.6) is 0 Å². The van der Waals surface area contributed by atoms with Crippen molar-refractivity contribution in [3.05, 3.63) is 64.5 Å². The van der Waals surface area contributed by atoms with Gasteiger partial charge >= 0.3 is 0 Å². The summed E-state index contributed by atoms with van der Waals surface area (Å²) in [6, 6.07) is 10.3. The van der Waals surface area contributed by atoms with Gasteiger partial charge in [-0.2, -0.15) is 0 Å². The summed E-state index contributed by atoms with van der Waals surface area (Å²) in [5.41, 5.74) is 3.85. The molecule has 4 nitrogen and oxygen atoms in total. The van der Waals surface area contributed by atoms with E-state index >= 15 is 0 Å². The first-order chi connectivity index (χ1) is 12.4. The van der Waals surface area contributed by atoms with Gasteiger partial charge in [0.05, 0.1) is 5.57 Å². The molecule has 0 atom stereocenters. The van der Waals surface area contributed by atoms with Crippen molar-refractivity contribution in [1.82, 2.24) is 0 Å². The van der Waals surface area contributed by atoms with Crippen LogP contribution in [0.3, 0.4) is 0 Å². The molecule has 2 N–H and O–H groups in total. The Bertz CT molecular complexity index is 946. The highest BCUT2D eigenvalue weighted by Crippen LogP contribution is 2.48. The summed E-state index contributed by atoms with van der Waals surface area (Å²) in [7, 11) is 0. The number of halogens is 1. The quantitative estimate of drug-likeness (QED) is 0.825. The van der Waals surface area contributed by atoms with Crippen molar-refractivity contribution in [2.45, 2.75) is 32.3 Å². The Labute approximate surface area is 151 Å². The third kappa shape index (κ3) is 2.59. The maximum atomic E-state index is 13.7. The van der Waals surface area contributed by atoms with Crippen molar-refractivity contribution < 1.29 is 19.0 Å². The van der Waals surface area contributed by atoms with Crippen LogP contribution in [-0.2, 0) is 21.6 Å². The number of aliphatic hydroxyl groups excluding tert-OH is 1. The second kappa shape index (κ2) is 5.95. The molecule has 0 saturated heterocycles. The zero-order chi connectivity index (χ0) is 18.5. The third-order valence-electron chi connectivity index (χ3n) is 4.91. The van der Waals surface area contributed by atoms with Gasteiger partial charge < -0.3 is 15.2 Å².